The van der Waals surface area contributed by atoms with Crippen molar-refractivity contribution in [1.82, 2.24) is 10.3 Å². The van der Waals surface area contributed by atoms with Crippen LogP contribution < -0.4 is 11.3 Å². The van der Waals surface area contributed by atoms with Crippen LogP contribution in [-0.4, -0.2) is 35.1 Å². The minimum Gasteiger partial charge on any atom is -0.395 e. The highest BCUT2D eigenvalue weighted by Gasteiger charge is 2.37. The first-order valence-corrected chi connectivity index (χ1v) is 6.20. The van der Waals surface area contributed by atoms with Crippen LogP contribution in [0.2, 0.25) is 0 Å². The monoisotopic (exact) mass is 249 g/mol. The van der Waals surface area contributed by atoms with Crippen molar-refractivity contribution in [2.24, 2.45) is 5.84 Å². The van der Waals surface area contributed by atoms with Gasteiger partial charge in [-0.25, -0.2) is 5.84 Å². The van der Waals surface area contributed by atoms with E-state index < -0.39 is 6.04 Å². The molecule has 98 valence electrons. The van der Waals surface area contributed by atoms with E-state index >= 15 is 0 Å². The van der Waals surface area contributed by atoms with Gasteiger partial charge in [-0.15, -0.1) is 0 Å². The Kier molecular flexibility index (Phi) is 4.30. The van der Waals surface area contributed by atoms with Crippen molar-refractivity contribution in [3.8, 4) is 0 Å². The van der Waals surface area contributed by atoms with Crippen LogP contribution >= 0.6 is 0 Å². The maximum Gasteiger partial charge on any atom is 0.255 e. The molecule has 5 nitrogen and oxygen atoms in total. The fourth-order valence-corrected chi connectivity index (χ4v) is 2.25. The number of hydrazine groups is 1. The quantitative estimate of drug-likeness (QED) is 0.381. The van der Waals surface area contributed by atoms with Gasteiger partial charge in [-0.1, -0.05) is 30.3 Å². The molecule has 5 heteroatoms. The number of nitrogens with zero attached hydrogens (tertiary/aromatic N) is 1. The van der Waals surface area contributed by atoms with Crippen molar-refractivity contribution >= 4 is 5.91 Å². The van der Waals surface area contributed by atoms with Gasteiger partial charge in [0.05, 0.1) is 6.61 Å². The molecular formula is C13H19N3O2. The van der Waals surface area contributed by atoms with E-state index in [9.17, 15) is 4.79 Å². The standard InChI is InChI=1S/C13H19N3O2/c14-15-13(18)12(10-4-2-1-3-5-10)16(8-9-17)11-6-7-11/h1-5,11-12,17H,6-9,14H2,(H,15,18). The predicted molar refractivity (Wildman–Crippen MR) is 68.3 cm³/mol. The fourth-order valence-electron chi connectivity index (χ4n) is 2.25. The number of nitrogens with one attached hydrogen (secondary N) is 1. The molecule has 0 bridgehead atoms. The van der Waals surface area contributed by atoms with E-state index in [0.29, 0.717) is 12.6 Å². The second-order valence-electron chi connectivity index (χ2n) is 4.51. The van der Waals surface area contributed by atoms with Crippen molar-refractivity contribution in [3.05, 3.63) is 35.9 Å². The summed E-state index contributed by atoms with van der Waals surface area (Å²) < 4.78 is 0. The molecule has 2 rings (SSSR count). The van der Waals surface area contributed by atoms with E-state index in [2.05, 4.69) is 5.43 Å². The Labute approximate surface area is 107 Å². The maximum absolute atomic E-state index is 12.0. The third-order valence-corrected chi connectivity index (χ3v) is 3.21. The van der Waals surface area contributed by atoms with E-state index in [0.717, 1.165) is 18.4 Å². The first-order valence-electron chi connectivity index (χ1n) is 6.20. The normalized spacial score (nSPS) is 16.6. The van der Waals surface area contributed by atoms with Crippen molar-refractivity contribution in [2.75, 3.05) is 13.2 Å². The Morgan fingerprint density at radius 3 is 2.61 bits per heavy atom. The number of aliphatic hydroxyl groups is 1. The molecule has 1 atom stereocenters. The summed E-state index contributed by atoms with van der Waals surface area (Å²) in [5.74, 6) is 5.04. The van der Waals surface area contributed by atoms with Gasteiger partial charge in [0.25, 0.3) is 5.91 Å². The highest BCUT2D eigenvalue weighted by Crippen LogP contribution is 2.34. The topological polar surface area (TPSA) is 78.6 Å². The molecule has 0 heterocycles. The highest BCUT2D eigenvalue weighted by atomic mass is 16.3. The van der Waals surface area contributed by atoms with Crippen LogP contribution in [0, 0.1) is 0 Å². The summed E-state index contributed by atoms with van der Waals surface area (Å²) in [7, 11) is 0. The Hall–Kier alpha value is -1.43. The summed E-state index contributed by atoms with van der Waals surface area (Å²) in [6, 6.07) is 9.48. The van der Waals surface area contributed by atoms with Crippen molar-refractivity contribution in [2.45, 2.75) is 24.9 Å². The Morgan fingerprint density at radius 1 is 1.44 bits per heavy atom. The van der Waals surface area contributed by atoms with Crippen LogP contribution in [0.25, 0.3) is 0 Å². The summed E-state index contributed by atoms with van der Waals surface area (Å²) in [5, 5.41) is 9.16. The lowest BCUT2D eigenvalue weighted by Crippen LogP contribution is -2.45. The molecule has 0 radical (unpaired) electrons. The van der Waals surface area contributed by atoms with Crippen LogP contribution in [0.1, 0.15) is 24.4 Å². The Morgan fingerprint density at radius 2 is 2.11 bits per heavy atom. The van der Waals surface area contributed by atoms with Gasteiger partial charge < -0.3 is 5.11 Å². The molecule has 1 saturated carbocycles. The van der Waals surface area contributed by atoms with E-state index in [4.69, 9.17) is 10.9 Å². The summed E-state index contributed by atoms with van der Waals surface area (Å²) in [6.07, 6.45) is 2.14. The average molecular weight is 249 g/mol. The van der Waals surface area contributed by atoms with Crippen molar-refractivity contribution in [1.29, 1.82) is 0 Å². The zero-order valence-corrected chi connectivity index (χ0v) is 10.2. The summed E-state index contributed by atoms with van der Waals surface area (Å²) in [4.78, 5) is 14.0. The van der Waals surface area contributed by atoms with Gasteiger partial charge in [0.15, 0.2) is 0 Å². The van der Waals surface area contributed by atoms with Crippen LogP contribution in [-0.2, 0) is 4.79 Å². The second-order valence-corrected chi connectivity index (χ2v) is 4.51. The summed E-state index contributed by atoms with van der Waals surface area (Å²) in [6.45, 7) is 0.523. The zero-order valence-electron chi connectivity index (χ0n) is 10.2. The van der Waals surface area contributed by atoms with Gasteiger partial charge in [0, 0.05) is 12.6 Å². The number of carbonyl (C=O) groups is 1. The number of benzene rings is 1. The molecule has 1 unspecified atom stereocenters. The zero-order chi connectivity index (χ0) is 13.0. The molecule has 0 aromatic heterocycles. The number of nitrogens with two attached hydrogens (primary N) is 1. The van der Waals surface area contributed by atoms with Crippen LogP contribution in [0.5, 0.6) is 0 Å². The smallest absolute Gasteiger partial charge is 0.255 e. The number of amides is 1. The molecule has 1 amide bonds. The van der Waals surface area contributed by atoms with E-state index in [1.807, 2.05) is 35.2 Å². The molecular weight excluding hydrogens is 230 g/mol. The molecule has 0 saturated heterocycles. The van der Waals surface area contributed by atoms with Gasteiger partial charge in [-0.2, -0.15) is 0 Å². The maximum atomic E-state index is 12.0. The lowest BCUT2D eigenvalue weighted by molar-refractivity contribution is -0.127. The third-order valence-electron chi connectivity index (χ3n) is 3.21. The number of aliphatic hydroxyl groups excluding tert-OH is 1. The second kappa shape index (κ2) is 5.95. The van der Waals surface area contributed by atoms with Crippen molar-refractivity contribution < 1.29 is 9.90 Å². The molecule has 0 aliphatic heterocycles. The summed E-state index contributed by atoms with van der Waals surface area (Å²) in [5.41, 5.74) is 3.13. The molecule has 1 aromatic rings. The van der Waals surface area contributed by atoms with Crippen LogP contribution in [0.3, 0.4) is 0 Å². The van der Waals surface area contributed by atoms with E-state index in [-0.39, 0.29) is 12.5 Å². The first kappa shape index (κ1) is 13.0. The molecule has 1 aliphatic carbocycles. The molecule has 4 N–H and O–H groups in total. The minimum atomic E-state index is -0.421. The lowest BCUT2D eigenvalue weighted by atomic mass is 10.0. The van der Waals surface area contributed by atoms with Crippen LogP contribution in [0.4, 0.5) is 0 Å². The number of hydrogen-bond donors (Lipinski definition) is 3. The SMILES string of the molecule is NNC(=O)C(c1ccccc1)N(CCO)C1CC1. The van der Waals surface area contributed by atoms with E-state index in [1.165, 1.54) is 0 Å². The lowest BCUT2D eigenvalue weighted by Gasteiger charge is -2.30. The largest absolute Gasteiger partial charge is 0.395 e. The average Bonchev–Trinajstić information content (AvgIpc) is 3.23. The molecule has 18 heavy (non-hydrogen) atoms. The fraction of sp³-hybridized carbons (Fsp3) is 0.462. The minimum absolute atomic E-state index is 0.0394. The Bertz CT molecular complexity index is 392. The Balaban J connectivity index is 2.26. The molecule has 1 aromatic carbocycles. The first-order chi connectivity index (χ1) is 8.77. The van der Waals surface area contributed by atoms with Crippen molar-refractivity contribution in [3.63, 3.8) is 0 Å². The third kappa shape index (κ3) is 2.87. The number of rotatable bonds is 6. The van der Waals surface area contributed by atoms with Gasteiger partial charge in [-0.3, -0.25) is 15.1 Å². The van der Waals surface area contributed by atoms with Gasteiger partial charge in [0.2, 0.25) is 0 Å². The van der Waals surface area contributed by atoms with E-state index in [1.54, 1.807) is 0 Å². The molecule has 1 fully saturated rings. The van der Waals surface area contributed by atoms with Crippen LogP contribution in [0.15, 0.2) is 30.3 Å². The predicted octanol–water partition coefficient (Wildman–Crippen LogP) is 0.174. The van der Waals surface area contributed by atoms with Gasteiger partial charge in [-0.05, 0) is 18.4 Å². The van der Waals surface area contributed by atoms with Gasteiger partial charge in [0.1, 0.15) is 6.04 Å². The highest BCUT2D eigenvalue weighted by molar-refractivity contribution is 5.82. The van der Waals surface area contributed by atoms with Gasteiger partial charge >= 0.3 is 0 Å². The number of carbonyl (C=O) groups excluding carboxylic acids is 1. The molecule has 0 spiro atoms. The molecule has 1 aliphatic rings. The number of hydrogen-bond acceptors (Lipinski definition) is 4. The summed E-state index contributed by atoms with van der Waals surface area (Å²) >= 11 is 0.